The van der Waals surface area contributed by atoms with E-state index in [0.29, 0.717) is 0 Å². The van der Waals surface area contributed by atoms with Crippen LogP contribution in [0.4, 0.5) is 11.4 Å². The lowest BCUT2D eigenvalue weighted by Crippen LogP contribution is -2.56. The lowest BCUT2D eigenvalue weighted by Gasteiger charge is -2.49. The quantitative estimate of drug-likeness (QED) is 0.253. The highest BCUT2D eigenvalue weighted by molar-refractivity contribution is 6.04. The Morgan fingerprint density at radius 3 is 1.14 bits per heavy atom. The van der Waals surface area contributed by atoms with E-state index >= 15 is 0 Å². The number of carbonyl (C=O) groups is 2. The average Bonchev–Trinajstić information content (AvgIpc) is 2.96. The van der Waals surface area contributed by atoms with Crippen molar-refractivity contribution in [3.8, 4) is 0 Å². The molecule has 4 aromatic rings. The second kappa shape index (κ2) is 10.1. The molecular formula is C33H30N2O2. The van der Waals surface area contributed by atoms with E-state index in [1.807, 2.05) is 107 Å². The minimum Gasteiger partial charge on any atom is -0.304 e. The van der Waals surface area contributed by atoms with E-state index in [4.69, 9.17) is 0 Å². The molecule has 0 bridgehead atoms. The van der Waals surface area contributed by atoms with Gasteiger partial charge in [-0.2, -0.15) is 0 Å². The SMILES string of the molecule is O=C1C(CCCC2C(=O)N(c3ccccc3)[C@H]2c2ccccc2)[C@@H](c2ccccc2)N1c1ccccc1. The Morgan fingerprint density at radius 2 is 0.784 bits per heavy atom. The second-order valence-corrected chi connectivity index (χ2v) is 9.94. The fourth-order valence-electron chi connectivity index (χ4n) is 6.03. The van der Waals surface area contributed by atoms with E-state index in [-0.39, 0.29) is 35.7 Å². The van der Waals surface area contributed by atoms with E-state index in [2.05, 4.69) is 24.3 Å². The Bertz CT molecular complexity index is 1250. The van der Waals surface area contributed by atoms with Crippen LogP contribution in [0.15, 0.2) is 121 Å². The molecule has 4 nitrogen and oxygen atoms in total. The van der Waals surface area contributed by atoms with Crippen molar-refractivity contribution in [2.24, 2.45) is 11.8 Å². The van der Waals surface area contributed by atoms with Gasteiger partial charge in [0.2, 0.25) is 11.8 Å². The highest BCUT2D eigenvalue weighted by Gasteiger charge is 2.50. The lowest BCUT2D eigenvalue weighted by molar-refractivity contribution is -0.131. The molecule has 0 radical (unpaired) electrons. The summed E-state index contributed by atoms with van der Waals surface area (Å²) in [4.78, 5) is 30.5. The summed E-state index contributed by atoms with van der Waals surface area (Å²) in [5.74, 6) is 0.201. The van der Waals surface area contributed by atoms with Crippen LogP contribution in [-0.4, -0.2) is 11.8 Å². The third-order valence-electron chi connectivity index (χ3n) is 7.81. The van der Waals surface area contributed by atoms with Gasteiger partial charge in [-0.15, -0.1) is 0 Å². The van der Waals surface area contributed by atoms with Crippen LogP contribution in [0, 0.1) is 11.8 Å². The molecular weight excluding hydrogens is 456 g/mol. The fraction of sp³-hybridized carbons (Fsp3) is 0.212. The first-order valence-electron chi connectivity index (χ1n) is 13.1. The number of benzene rings is 4. The Balaban J connectivity index is 1.18. The molecule has 0 spiro atoms. The van der Waals surface area contributed by atoms with Gasteiger partial charge in [-0.1, -0.05) is 103 Å². The molecule has 2 saturated heterocycles. The van der Waals surface area contributed by atoms with Crippen LogP contribution in [0.5, 0.6) is 0 Å². The van der Waals surface area contributed by atoms with Gasteiger partial charge in [0.15, 0.2) is 0 Å². The van der Waals surface area contributed by atoms with Crippen molar-refractivity contribution in [2.75, 3.05) is 9.80 Å². The van der Waals surface area contributed by atoms with E-state index in [0.717, 1.165) is 41.8 Å². The summed E-state index contributed by atoms with van der Waals surface area (Å²) in [7, 11) is 0. The van der Waals surface area contributed by atoms with Crippen LogP contribution in [0.3, 0.4) is 0 Å². The highest BCUT2D eigenvalue weighted by Crippen LogP contribution is 2.48. The van der Waals surface area contributed by atoms with Crippen molar-refractivity contribution in [1.82, 2.24) is 0 Å². The van der Waals surface area contributed by atoms with Crippen LogP contribution in [0.2, 0.25) is 0 Å². The van der Waals surface area contributed by atoms with Gasteiger partial charge in [0.25, 0.3) is 0 Å². The van der Waals surface area contributed by atoms with Crippen molar-refractivity contribution < 1.29 is 9.59 Å². The number of hydrogen-bond donors (Lipinski definition) is 0. The first kappa shape index (κ1) is 23.2. The molecule has 4 aromatic carbocycles. The minimum atomic E-state index is -0.0711. The summed E-state index contributed by atoms with van der Waals surface area (Å²) < 4.78 is 0. The van der Waals surface area contributed by atoms with Crippen molar-refractivity contribution in [1.29, 1.82) is 0 Å². The molecule has 37 heavy (non-hydrogen) atoms. The number of para-hydroxylation sites is 2. The maximum absolute atomic E-state index is 13.3. The minimum absolute atomic E-state index is 0.0268. The van der Waals surface area contributed by atoms with Gasteiger partial charge in [-0.05, 0) is 48.2 Å². The zero-order chi connectivity index (χ0) is 25.2. The number of β-lactam (4-membered cyclic amide) rings is 2. The summed E-state index contributed by atoms with van der Waals surface area (Å²) in [6.45, 7) is 0. The van der Waals surface area contributed by atoms with Gasteiger partial charge in [0.05, 0.1) is 23.9 Å². The van der Waals surface area contributed by atoms with Crippen molar-refractivity contribution in [3.05, 3.63) is 132 Å². The monoisotopic (exact) mass is 486 g/mol. The van der Waals surface area contributed by atoms with Gasteiger partial charge in [0, 0.05) is 11.4 Å². The molecule has 2 aliphatic heterocycles. The van der Waals surface area contributed by atoms with Crippen molar-refractivity contribution >= 4 is 23.2 Å². The molecule has 2 fully saturated rings. The zero-order valence-corrected chi connectivity index (χ0v) is 20.7. The molecule has 2 aliphatic rings. The molecule has 0 N–H and O–H groups in total. The third-order valence-corrected chi connectivity index (χ3v) is 7.81. The molecule has 0 aromatic heterocycles. The van der Waals surface area contributed by atoms with E-state index in [9.17, 15) is 9.59 Å². The van der Waals surface area contributed by atoms with Gasteiger partial charge < -0.3 is 9.80 Å². The predicted octanol–water partition coefficient (Wildman–Crippen LogP) is 6.97. The molecule has 2 heterocycles. The molecule has 0 aliphatic carbocycles. The lowest BCUT2D eigenvalue weighted by atomic mass is 9.75. The smallest absolute Gasteiger partial charge is 0.233 e. The van der Waals surface area contributed by atoms with Crippen LogP contribution in [0.25, 0.3) is 0 Å². The predicted molar refractivity (Wildman–Crippen MR) is 147 cm³/mol. The number of anilines is 2. The molecule has 0 saturated carbocycles. The summed E-state index contributed by atoms with van der Waals surface area (Å²) in [6.07, 6.45) is 2.39. The van der Waals surface area contributed by atoms with Crippen LogP contribution in [-0.2, 0) is 9.59 Å². The number of carbonyl (C=O) groups excluding carboxylic acids is 2. The largest absolute Gasteiger partial charge is 0.304 e. The maximum Gasteiger partial charge on any atom is 0.233 e. The van der Waals surface area contributed by atoms with E-state index in [1.165, 1.54) is 0 Å². The van der Waals surface area contributed by atoms with Crippen LogP contribution in [0.1, 0.15) is 42.5 Å². The standard InChI is InChI=1S/C33H30N2O2/c36-32-28(30(24-14-5-1-6-15-24)34(32)26-18-9-3-10-19-26)22-13-23-29-31(25-16-7-2-8-17-25)35(33(29)37)27-20-11-4-12-21-27/h1-12,14-21,28-31H,13,22-23H2/t28?,29?,30-,31+. The molecule has 2 unspecified atom stereocenters. The first-order valence-corrected chi connectivity index (χ1v) is 13.1. The molecule has 4 atom stereocenters. The number of rotatable bonds is 8. The fourth-order valence-corrected chi connectivity index (χ4v) is 6.03. The highest BCUT2D eigenvalue weighted by atomic mass is 16.2. The van der Waals surface area contributed by atoms with Gasteiger partial charge >= 0.3 is 0 Å². The molecule has 6 rings (SSSR count). The number of amides is 2. The second-order valence-electron chi connectivity index (χ2n) is 9.94. The third kappa shape index (κ3) is 4.23. The first-order chi connectivity index (χ1) is 18.2. The number of hydrogen-bond acceptors (Lipinski definition) is 2. The normalized spacial score (nSPS) is 22.9. The topological polar surface area (TPSA) is 40.6 Å². The van der Waals surface area contributed by atoms with E-state index < -0.39 is 0 Å². The van der Waals surface area contributed by atoms with Crippen molar-refractivity contribution in [3.63, 3.8) is 0 Å². The Hall–Kier alpha value is -4.18. The summed E-state index contributed by atoms with van der Waals surface area (Å²) >= 11 is 0. The van der Waals surface area contributed by atoms with E-state index in [1.54, 1.807) is 0 Å². The Labute approximate surface area is 218 Å². The summed E-state index contributed by atoms with van der Waals surface area (Å²) in [5, 5.41) is 0. The molecule has 184 valence electrons. The van der Waals surface area contributed by atoms with Gasteiger partial charge in [0.1, 0.15) is 0 Å². The van der Waals surface area contributed by atoms with Crippen molar-refractivity contribution in [2.45, 2.75) is 31.3 Å². The Kier molecular flexibility index (Phi) is 6.32. The Morgan fingerprint density at radius 1 is 0.459 bits per heavy atom. The molecule has 2 amide bonds. The van der Waals surface area contributed by atoms with Gasteiger partial charge in [-0.25, -0.2) is 0 Å². The average molecular weight is 487 g/mol. The zero-order valence-electron chi connectivity index (χ0n) is 20.7. The summed E-state index contributed by atoms with van der Waals surface area (Å²) in [6, 6.07) is 40.5. The van der Waals surface area contributed by atoms with Gasteiger partial charge in [-0.3, -0.25) is 9.59 Å². The maximum atomic E-state index is 13.3. The van der Waals surface area contributed by atoms with Crippen LogP contribution < -0.4 is 9.80 Å². The number of nitrogens with zero attached hydrogens (tertiary/aromatic N) is 2. The molecule has 4 heteroatoms. The van der Waals surface area contributed by atoms with Crippen LogP contribution >= 0.6 is 0 Å². The summed E-state index contributed by atoms with van der Waals surface area (Å²) in [5.41, 5.74) is 4.20.